The molecule has 1 N–H and O–H groups in total. The van der Waals surface area contributed by atoms with Gasteiger partial charge in [0.25, 0.3) is 0 Å². The summed E-state index contributed by atoms with van der Waals surface area (Å²) in [5.74, 6) is 0. The maximum atomic E-state index is 8.60. The van der Waals surface area contributed by atoms with Gasteiger partial charge in [-0.1, -0.05) is 103 Å². The van der Waals surface area contributed by atoms with Crippen molar-refractivity contribution < 1.29 is 66.7 Å². The third-order valence-electron chi connectivity index (χ3n) is 8.84. The summed E-state index contributed by atoms with van der Waals surface area (Å²) in [4.78, 5) is 0. The van der Waals surface area contributed by atoms with Crippen molar-refractivity contribution in [1.82, 2.24) is 0 Å². The van der Waals surface area contributed by atoms with Gasteiger partial charge in [-0.2, -0.15) is 0 Å². The molecule has 350 valence electrons. The first-order chi connectivity index (χ1) is 28.9. The largest absolute Gasteiger partial charge is 0.394 e. The number of aliphatic hydroxyl groups excluding tert-OH is 1. The minimum atomic E-state index is 0.0258. The molecule has 0 aliphatic heterocycles. The van der Waals surface area contributed by atoms with E-state index in [0.717, 1.165) is 13.0 Å². The van der Waals surface area contributed by atoms with Gasteiger partial charge in [0.15, 0.2) is 0 Å². The molecule has 0 rings (SSSR count). The first kappa shape index (κ1) is 57.4. The molecule has 0 atom stereocenters. The third-order valence-corrected chi connectivity index (χ3v) is 8.84. The van der Waals surface area contributed by atoms with E-state index in [0.29, 0.717) is 165 Å². The zero-order chi connectivity index (χ0) is 41.6. The summed E-state index contributed by atoms with van der Waals surface area (Å²) in [6.45, 7) is 16.1. The van der Waals surface area contributed by atoms with Crippen LogP contribution in [0.4, 0.5) is 0 Å². The topological polar surface area (TPSA) is 140 Å². The van der Waals surface area contributed by atoms with Crippen molar-refractivity contribution in [1.29, 1.82) is 0 Å². The van der Waals surface area contributed by atoms with E-state index in [1.54, 1.807) is 0 Å². The molecular formula is C44H90O14. The number of aliphatic hydroxyl groups is 1. The first-order valence-electron chi connectivity index (χ1n) is 23.0. The van der Waals surface area contributed by atoms with Gasteiger partial charge in [0.2, 0.25) is 0 Å². The Kier molecular flexibility index (Phi) is 55.9. The Balaban J connectivity index is 3.05. The van der Waals surface area contributed by atoms with Gasteiger partial charge in [0.05, 0.1) is 172 Å². The maximum absolute atomic E-state index is 8.60. The fourth-order valence-electron chi connectivity index (χ4n) is 5.56. The molecule has 14 nitrogen and oxygen atoms in total. The predicted molar refractivity (Wildman–Crippen MR) is 227 cm³/mol. The summed E-state index contributed by atoms with van der Waals surface area (Å²) in [5.41, 5.74) is 0. The summed E-state index contributed by atoms with van der Waals surface area (Å²) in [6.07, 6.45) is 22.2. The minimum absolute atomic E-state index is 0.0258. The smallest absolute Gasteiger partial charge is 0.0701 e. The van der Waals surface area contributed by atoms with Gasteiger partial charge in [0.1, 0.15) is 0 Å². The van der Waals surface area contributed by atoms with Crippen LogP contribution in [0.2, 0.25) is 0 Å². The Bertz CT molecular complexity index is 641. The van der Waals surface area contributed by atoms with E-state index in [2.05, 4.69) is 6.92 Å². The molecule has 0 spiro atoms. The van der Waals surface area contributed by atoms with Gasteiger partial charge < -0.3 is 66.7 Å². The lowest BCUT2D eigenvalue weighted by atomic mass is 10.0. The fraction of sp³-hybridized carbons (Fsp3) is 1.00. The second kappa shape index (κ2) is 56.4. The van der Waals surface area contributed by atoms with Gasteiger partial charge in [-0.25, -0.2) is 0 Å². The maximum Gasteiger partial charge on any atom is 0.0701 e. The summed E-state index contributed by atoms with van der Waals surface area (Å²) < 4.78 is 71.2. The zero-order valence-corrected chi connectivity index (χ0v) is 37.2. The van der Waals surface area contributed by atoms with E-state index in [1.807, 2.05) is 0 Å². The molecule has 0 aromatic rings. The van der Waals surface area contributed by atoms with Crippen LogP contribution in [-0.2, 0) is 61.6 Å². The van der Waals surface area contributed by atoms with Crippen molar-refractivity contribution in [2.24, 2.45) is 0 Å². The molecular weight excluding hydrogens is 752 g/mol. The Labute approximate surface area is 354 Å². The average molecular weight is 843 g/mol. The van der Waals surface area contributed by atoms with Gasteiger partial charge in [-0.15, -0.1) is 0 Å². The molecule has 0 aliphatic rings. The van der Waals surface area contributed by atoms with Crippen LogP contribution < -0.4 is 0 Å². The highest BCUT2D eigenvalue weighted by Crippen LogP contribution is 2.13. The van der Waals surface area contributed by atoms with Crippen molar-refractivity contribution in [2.75, 3.05) is 178 Å². The Morgan fingerprint density at radius 2 is 0.345 bits per heavy atom. The van der Waals surface area contributed by atoms with E-state index in [4.69, 9.17) is 66.7 Å². The van der Waals surface area contributed by atoms with E-state index in [9.17, 15) is 0 Å². The van der Waals surface area contributed by atoms with Crippen molar-refractivity contribution >= 4 is 0 Å². The van der Waals surface area contributed by atoms with Crippen molar-refractivity contribution in [3.05, 3.63) is 0 Å². The molecule has 0 saturated carbocycles. The molecule has 14 heteroatoms. The number of hydrogen-bond acceptors (Lipinski definition) is 14. The minimum Gasteiger partial charge on any atom is -0.394 e. The van der Waals surface area contributed by atoms with Crippen LogP contribution in [0.1, 0.15) is 110 Å². The van der Waals surface area contributed by atoms with Gasteiger partial charge in [0, 0.05) is 6.61 Å². The summed E-state index contributed by atoms with van der Waals surface area (Å²) >= 11 is 0. The molecule has 0 aliphatic carbocycles. The molecule has 58 heavy (non-hydrogen) atoms. The molecule has 0 saturated heterocycles. The van der Waals surface area contributed by atoms with Crippen LogP contribution >= 0.6 is 0 Å². The number of ether oxygens (including phenoxy) is 13. The van der Waals surface area contributed by atoms with E-state index in [-0.39, 0.29) is 6.61 Å². The highest BCUT2D eigenvalue weighted by atomic mass is 16.6. The van der Waals surface area contributed by atoms with Crippen LogP contribution in [0.5, 0.6) is 0 Å². The Morgan fingerprint density at radius 3 is 0.534 bits per heavy atom. The molecule has 0 unspecified atom stereocenters. The monoisotopic (exact) mass is 843 g/mol. The second-order valence-corrected chi connectivity index (χ2v) is 14.0. The third kappa shape index (κ3) is 55.4. The number of unbranched alkanes of at least 4 members (excludes halogenated alkanes) is 15. The van der Waals surface area contributed by atoms with Gasteiger partial charge >= 0.3 is 0 Å². The lowest BCUT2D eigenvalue weighted by Gasteiger charge is -2.09. The SMILES string of the molecule is CCCCCCCCCCCCCCCCCCOCCOCCOCCOCCOCCOCCOCCOCCOCCOCCOCCOCCOCCO. The molecule has 0 amide bonds. The van der Waals surface area contributed by atoms with Crippen LogP contribution in [-0.4, -0.2) is 183 Å². The molecule has 0 radical (unpaired) electrons. The Hall–Kier alpha value is -0.560. The van der Waals surface area contributed by atoms with E-state index < -0.39 is 0 Å². The molecule has 0 aromatic heterocycles. The average Bonchev–Trinajstić information content (AvgIpc) is 3.23. The molecule has 0 heterocycles. The summed E-state index contributed by atoms with van der Waals surface area (Å²) in [7, 11) is 0. The van der Waals surface area contributed by atoms with Crippen LogP contribution in [0, 0.1) is 0 Å². The number of rotatable bonds is 55. The van der Waals surface area contributed by atoms with Crippen LogP contribution in [0.3, 0.4) is 0 Å². The second-order valence-electron chi connectivity index (χ2n) is 14.0. The normalized spacial score (nSPS) is 11.7. The van der Waals surface area contributed by atoms with Crippen molar-refractivity contribution in [2.45, 2.75) is 110 Å². The summed E-state index contributed by atoms with van der Waals surface area (Å²) in [6, 6.07) is 0. The highest BCUT2D eigenvalue weighted by molar-refractivity contribution is 4.50. The first-order valence-corrected chi connectivity index (χ1v) is 23.0. The fourth-order valence-corrected chi connectivity index (χ4v) is 5.56. The lowest BCUT2D eigenvalue weighted by Crippen LogP contribution is -2.15. The van der Waals surface area contributed by atoms with E-state index in [1.165, 1.54) is 96.3 Å². The molecule has 0 bridgehead atoms. The lowest BCUT2D eigenvalue weighted by molar-refractivity contribution is -0.0292. The highest BCUT2D eigenvalue weighted by Gasteiger charge is 1.99. The molecule has 0 fully saturated rings. The zero-order valence-electron chi connectivity index (χ0n) is 37.2. The predicted octanol–water partition coefficient (Wildman–Crippen LogP) is 6.46. The van der Waals surface area contributed by atoms with Crippen LogP contribution in [0.15, 0.2) is 0 Å². The Morgan fingerprint density at radius 1 is 0.190 bits per heavy atom. The molecule has 0 aromatic carbocycles. The standard InChI is InChI=1S/C44H90O14/c1-2-3-4-5-6-7-8-9-10-11-12-13-14-15-16-17-19-46-21-23-48-25-27-50-29-31-52-33-35-54-37-39-56-41-43-58-44-42-57-40-38-55-36-34-53-32-30-51-28-26-49-24-22-47-20-18-45/h45H,2-44H2,1H3. The number of hydrogen-bond donors (Lipinski definition) is 1. The van der Waals surface area contributed by atoms with Crippen molar-refractivity contribution in [3.63, 3.8) is 0 Å². The summed E-state index contributed by atoms with van der Waals surface area (Å²) in [5, 5.41) is 8.60. The van der Waals surface area contributed by atoms with Gasteiger partial charge in [-0.3, -0.25) is 0 Å². The van der Waals surface area contributed by atoms with Crippen molar-refractivity contribution in [3.8, 4) is 0 Å². The van der Waals surface area contributed by atoms with Gasteiger partial charge in [-0.05, 0) is 6.42 Å². The van der Waals surface area contributed by atoms with E-state index >= 15 is 0 Å². The van der Waals surface area contributed by atoms with Crippen LogP contribution in [0.25, 0.3) is 0 Å². The quantitative estimate of drug-likeness (QED) is 0.0671.